The van der Waals surface area contributed by atoms with Crippen LogP contribution in [0.25, 0.3) is 10.9 Å². The molecule has 0 radical (unpaired) electrons. The van der Waals surface area contributed by atoms with Crippen molar-refractivity contribution in [1.82, 2.24) is 46.9 Å². The van der Waals surface area contributed by atoms with Crippen molar-refractivity contribution < 1.29 is 43.5 Å². The molecule has 15 N–H and O–H groups in total. The van der Waals surface area contributed by atoms with Gasteiger partial charge in [0, 0.05) is 68.1 Å². The van der Waals surface area contributed by atoms with Crippen molar-refractivity contribution in [1.29, 1.82) is 0 Å². The Bertz CT molecular complexity index is 2330. The number of fused-ring (bicyclic) bond motifs is 1. The quantitative estimate of drug-likeness (QED) is 0.0194. The summed E-state index contributed by atoms with van der Waals surface area (Å²) in [6.45, 7) is 3.23. The molecule has 0 aliphatic carbocycles. The molecule has 22 nitrogen and oxygen atoms in total. The lowest BCUT2D eigenvalue weighted by Gasteiger charge is -2.27. The molecule has 67 heavy (non-hydrogen) atoms. The number of aliphatic imine (C=N–C) groups is 1. The van der Waals surface area contributed by atoms with Crippen LogP contribution in [0.1, 0.15) is 75.6 Å². The molecule has 4 aromatic rings. The summed E-state index contributed by atoms with van der Waals surface area (Å²) in [5, 5.41) is 26.1. The van der Waals surface area contributed by atoms with Gasteiger partial charge in [-0.25, -0.2) is 4.98 Å². The highest BCUT2D eigenvalue weighted by Crippen LogP contribution is 2.19. The van der Waals surface area contributed by atoms with Gasteiger partial charge in [-0.15, -0.1) is 0 Å². The fourth-order valence-corrected chi connectivity index (χ4v) is 7.22. The number of unbranched alkanes of at least 4 members (excludes halogenated alkanes) is 1. The summed E-state index contributed by atoms with van der Waals surface area (Å²) in [6.07, 6.45) is 5.06. The van der Waals surface area contributed by atoms with E-state index in [0.717, 1.165) is 10.9 Å². The molecule has 0 aliphatic rings. The molecule has 2 heterocycles. The Labute approximate surface area is 386 Å². The minimum Gasteiger partial charge on any atom is -0.481 e. The second-order valence-corrected chi connectivity index (χ2v) is 16.0. The largest absolute Gasteiger partial charge is 0.481 e. The average Bonchev–Trinajstić information content (AvgIpc) is 3.96. The van der Waals surface area contributed by atoms with Gasteiger partial charge in [0.05, 0.1) is 6.33 Å². The van der Waals surface area contributed by atoms with Crippen LogP contribution in [0.4, 0.5) is 0 Å². The number of carboxylic acid groups (broad SMARTS) is 1. The topological polar surface area (TPSA) is 364 Å². The van der Waals surface area contributed by atoms with Crippen molar-refractivity contribution in [2.24, 2.45) is 22.2 Å². The Morgan fingerprint density at radius 3 is 1.79 bits per heavy atom. The molecule has 0 spiro atoms. The third-order valence-electron chi connectivity index (χ3n) is 10.7. The number of carbonyl (C=O) groups is 8. The van der Waals surface area contributed by atoms with Gasteiger partial charge in [-0.3, -0.25) is 43.3 Å². The molecule has 0 unspecified atom stereocenters. The molecule has 2 aromatic heterocycles. The number of aromatic nitrogens is 3. The van der Waals surface area contributed by atoms with Gasteiger partial charge in [-0.1, -0.05) is 68.3 Å². The zero-order valence-electron chi connectivity index (χ0n) is 37.5. The van der Waals surface area contributed by atoms with Crippen molar-refractivity contribution in [3.63, 3.8) is 0 Å². The third kappa shape index (κ3) is 17.3. The summed E-state index contributed by atoms with van der Waals surface area (Å²) in [7, 11) is 0. The number of amides is 7. The van der Waals surface area contributed by atoms with Crippen LogP contribution < -0.4 is 49.1 Å². The molecule has 0 fully saturated rings. The van der Waals surface area contributed by atoms with E-state index in [1.807, 2.05) is 31.2 Å². The number of imidazole rings is 1. The monoisotopic (exact) mass is 927 g/mol. The van der Waals surface area contributed by atoms with Gasteiger partial charge in [0.25, 0.3) is 0 Å². The van der Waals surface area contributed by atoms with Crippen LogP contribution in [-0.4, -0.2) is 116 Å². The average molecular weight is 928 g/mol. The summed E-state index contributed by atoms with van der Waals surface area (Å²) in [6, 6.07) is 8.30. The van der Waals surface area contributed by atoms with Gasteiger partial charge >= 0.3 is 5.97 Å². The van der Waals surface area contributed by atoms with Gasteiger partial charge < -0.3 is 64.2 Å². The van der Waals surface area contributed by atoms with Crippen LogP contribution in [0.2, 0.25) is 0 Å². The van der Waals surface area contributed by atoms with Crippen molar-refractivity contribution >= 4 is 64.2 Å². The first-order chi connectivity index (χ1) is 32.0. The van der Waals surface area contributed by atoms with Crippen molar-refractivity contribution in [2.75, 3.05) is 6.54 Å². The highest BCUT2D eigenvalue weighted by molar-refractivity contribution is 5.97. The number of hydrogen-bond acceptors (Lipinski definition) is 10. The molecule has 0 saturated carbocycles. The van der Waals surface area contributed by atoms with Crippen molar-refractivity contribution in [3.8, 4) is 0 Å². The van der Waals surface area contributed by atoms with Crippen molar-refractivity contribution in [3.05, 3.63) is 90.1 Å². The number of para-hydroxylation sites is 1. The second kappa shape index (κ2) is 26.2. The maximum absolute atomic E-state index is 14.4. The van der Waals surface area contributed by atoms with Gasteiger partial charge in [-0.2, -0.15) is 0 Å². The first kappa shape index (κ1) is 51.9. The predicted octanol–water partition coefficient (Wildman–Crippen LogP) is -0.559. The summed E-state index contributed by atoms with van der Waals surface area (Å²) >= 11 is 0. The number of carboxylic acids is 1. The Morgan fingerprint density at radius 2 is 1.21 bits per heavy atom. The number of nitrogens with one attached hydrogen (secondary N) is 8. The summed E-state index contributed by atoms with van der Waals surface area (Å²) < 4.78 is 0. The number of hydrogen-bond donors (Lipinski definition) is 12. The molecular formula is C45H61N13O9. The number of aromatic amines is 2. The van der Waals surface area contributed by atoms with Gasteiger partial charge in [0.1, 0.15) is 36.3 Å². The number of nitrogens with two attached hydrogens (primary N) is 3. The first-order valence-corrected chi connectivity index (χ1v) is 22.0. The van der Waals surface area contributed by atoms with Crippen LogP contribution in [0.5, 0.6) is 0 Å². The minimum atomic E-state index is -1.46. The Balaban J connectivity index is 1.62. The number of rotatable bonds is 28. The molecule has 0 bridgehead atoms. The molecule has 2 aromatic carbocycles. The number of aliphatic carboxylic acids is 1. The fourth-order valence-electron chi connectivity index (χ4n) is 7.22. The Kier molecular flexibility index (Phi) is 20.3. The summed E-state index contributed by atoms with van der Waals surface area (Å²) in [5.41, 5.74) is 19.4. The number of nitrogens with zero attached hydrogens (tertiary/aromatic N) is 2. The molecule has 0 saturated heterocycles. The Morgan fingerprint density at radius 1 is 0.657 bits per heavy atom. The zero-order valence-corrected chi connectivity index (χ0v) is 37.5. The third-order valence-corrected chi connectivity index (χ3v) is 10.7. The second-order valence-electron chi connectivity index (χ2n) is 16.0. The Hall–Kier alpha value is -7.78. The van der Waals surface area contributed by atoms with Crippen LogP contribution >= 0.6 is 0 Å². The number of carbonyl (C=O) groups excluding carboxylic acids is 7. The molecule has 22 heteroatoms. The summed E-state index contributed by atoms with van der Waals surface area (Å²) in [5.74, 6) is -6.79. The van der Waals surface area contributed by atoms with E-state index in [2.05, 4.69) is 51.8 Å². The van der Waals surface area contributed by atoms with Gasteiger partial charge in [0.2, 0.25) is 41.4 Å². The first-order valence-electron chi connectivity index (χ1n) is 22.0. The van der Waals surface area contributed by atoms with E-state index < -0.39 is 90.0 Å². The summed E-state index contributed by atoms with van der Waals surface area (Å²) in [4.78, 5) is 121. The van der Waals surface area contributed by atoms with E-state index in [1.165, 1.54) is 19.4 Å². The molecule has 360 valence electrons. The SMILES string of the molecule is CCCC[C@H](NC(C)=O)C(=O)N[C@@H](CCC(=O)O)C(=O)N[C@@H](Cc1cnc[nH]1)C(=O)N[C@H](Cc1ccccc1)C(=O)N[C@@H](CCCN=C(N)N)C(=O)N[C@@H](Cc1c[nH]c2ccccc12)C(N)=O. The van der Waals surface area contributed by atoms with Gasteiger partial charge in [-0.05, 0) is 42.9 Å². The van der Waals surface area contributed by atoms with E-state index in [4.69, 9.17) is 17.2 Å². The zero-order chi connectivity index (χ0) is 48.9. The van der Waals surface area contributed by atoms with E-state index >= 15 is 0 Å². The maximum atomic E-state index is 14.4. The van der Waals surface area contributed by atoms with E-state index in [9.17, 15) is 43.5 Å². The highest BCUT2D eigenvalue weighted by atomic mass is 16.4. The lowest BCUT2D eigenvalue weighted by atomic mass is 10.0. The number of benzene rings is 2. The van der Waals surface area contributed by atoms with Gasteiger partial charge in [0.15, 0.2) is 5.96 Å². The molecule has 7 amide bonds. The van der Waals surface area contributed by atoms with Crippen LogP contribution in [0, 0.1) is 0 Å². The van der Waals surface area contributed by atoms with E-state index in [0.29, 0.717) is 29.7 Å². The normalized spacial score (nSPS) is 13.6. The van der Waals surface area contributed by atoms with Crippen LogP contribution in [0.15, 0.2) is 78.3 Å². The predicted molar refractivity (Wildman–Crippen MR) is 247 cm³/mol. The van der Waals surface area contributed by atoms with E-state index in [1.54, 1.807) is 36.5 Å². The standard InChI is InChI=1S/C45H61N13O9/c1-3-4-14-32(53-26(2)59)40(63)55-34(17-18-38(60)61)42(65)58-37(22-29-24-49-25-52-29)44(67)57-36(20-27-11-6-5-7-12-27)43(66)54-33(16-10-19-50-45(47)48)41(64)56-35(39(46)62)21-28-23-51-31-15-9-8-13-30(28)31/h5-9,11-13,15,23-25,32-37,51H,3-4,10,14,16-22H2,1-2H3,(H2,46,62)(H,49,52)(H,53,59)(H,54,66)(H,55,63)(H,56,64)(H,57,67)(H,58,65)(H,60,61)(H4,47,48,50)/t32-,33-,34-,35-,36+,37-/m0/s1. The minimum absolute atomic E-state index is 0.0118. The van der Waals surface area contributed by atoms with Crippen molar-refractivity contribution in [2.45, 2.75) is 114 Å². The lowest BCUT2D eigenvalue weighted by Crippen LogP contribution is -2.60. The molecule has 0 aliphatic heterocycles. The molecular weight excluding hydrogens is 867 g/mol. The highest BCUT2D eigenvalue weighted by Gasteiger charge is 2.34. The molecule has 6 atom stereocenters. The van der Waals surface area contributed by atoms with Crippen LogP contribution in [0.3, 0.4) is 0 Å². The number of H-pyrrole nitrogens is 2. The number of primary amides is 1. The fraction of sp³-hybridized carbons (Fsp3) is 0.422. The smallest absolute Gasteiger partial charge is 0.303 e. The van der Waals surface area contributed by atoms with Crippen LogP contribution in [-0.2, 0) is 57.6 Å². The lowest BCUT2D eigenvalue weighted by molar-refractivity contribution is -0.138. The molecule has 4 rings (SSSR count). The maximum Gasteiger partial charge on any atom is 0.303 e. The van der Waals surface area contributed by atoms with E-state index in [-0.39, 0.29) is 57.5 Å². The number of guanidine groups is 1.